The zero-order valence-corrected chi connectivity index (χ0v) is 14.6. The van der Waals surface area contributed by atoms with E-state index in [1.54, 1.807) is 11.9 Å². The highest BCUT2D eigenvalue weighted by Gasteiger charge is 2.14. The van der Waals surface area contributed by atoms with E-state index in [1.165, 1.54) is 16.0 Å². The second-order valence-electron chi connectivity index (χ2n) is 5.13. The SMILES string of the molecule is Brc1ccnc2c1c(-c1ccccc1)cn2Sc1ccccc1. The number of pyridine rings is 1. The van der Waals surface area contributed by atoms with Crippen molar-refractivity contribution in [1.82, 2.24) is 8.96 Å². The quantitative estimate of drug-likeness (QED) is 0.432. The summed E-state index contributed by atoms with van der Waals surface area (Å²) in [6.07, 6.45) is 4.00. The molecule has 23 heavy (non-hydrogen) atoms. The summed E-state index contributed by atoms with van der Waals surface area (Å²) in [6.45, 7) is 0. The van der Waals surface area contributed by atoms with Gasteiger partial charge in [-0.1, -0.05) is 48.5 Å². The molecule has 0 bridgehead atoms. The van der Waals surface area contributed by atoms with Crippen molar-refractivity contribution in [2.75, 3.05) is 0 Å². The van der Waals surface area contributed by atoms with Crippen molar-refractivity contribution in [2.24, 2.45) is 0 Å². The Labute approximate surface area is 147 Å². The average molecular weight is 381 g/mol. The summed E-state index contributed by atoms with van der Waals surface area (Å²) in [6, 6.07) is 22.8. The summed E-state index contributed by atoms with van der Waals surface area (Å²) in [5.74, 6) is 0. The van der Waals surface area contributed by atoms with E-state index in [0.717, 1.165) is 15.5 Å². The monoisotopic (exact) mass is 380 g/mol. The molecule has 4 rings (SSSR count). The Morgan fingerprint density at radius 1 is 0.870 bits per heavy atom. The molecule has 0 N–H and O–H groups in total. The molecule has 112 valence electrons. The maximum atomic E-state index is 4.60. The molecule has 0 atom stereocenters. The molecule has 4 aromatic rings. The predicted octanol–water partition coefficient (Wildman–Crippen LogP) is 6.02. The third-order valence-corrected chi connectivity index (χ3v) is 5.26. The van der Waals surface area contributed by atoms with Crippen molar-refractivity contribution in [2.45, 2.75) is 4.90 Å². The Morgan fingerprint density at radius 2 is 1.57 bits per heavy atom. The third kappa shape index (κ3) is 2.80. The van der Waals surface area contributed by atoms with E-state index in [0.29, 0.717) is 0 Å². The smallest absolute Gasteiger partial charge is 0.151 e. The summed E-state index contributed by atoms with van der Waals surface area (Å²) >= 11 is 5.36. The Hall–Kier alpha value is -2.04. The molecule has 2 nitrogen and oxygen atoms in total. The first-order valence-electron chi connectivity index (χ1n) is 7.27. The van der Waals surface area contributed by atoms with E-state index in [9.17, 15) is 0 Å². The van der Waals surface area contributed by atoms with Crippen molar-refractivity contribution in [3.63, 3.8) is 0 Å². The van der Waals surface area contributed by atoms with Crippen LogP contribution in [0.4, 0.5) is 0 Å². The molecule has 2 heterocycles. The van der Waals surface area contributed by atoms with E-state index in [-0.39, 0.29) is 0 Å². The first kappa shape index (κ1) is 14.5. The van der Waals surface area contributed by atoms with Crippen LogP contribution in [-0.2, 0) is 0 Å². The fourth-order valence-electron chi connectivity index (χ4n) is 2.59. The summed E-state index contributed by atoms with van der Waals surface area (Å²) < 4.78 is 3.20. The van der Waals surface area contributed by atoms with Crippen molar-refractivity contribution in [3.8, 4) is 11.1 Å². The second kappa shape index (κ2) is 6.22. The van der Waals surface area contributed by atoms with Gasteiger partial charge in [0.25, 0.3) is 0 Å². The summed E-state index contributed by atoms with van der Waals surface area (Å²) in [4.78, 5) is 5.78. The van der Waals surface area contributed by atoms with Crippen LogP contribution in [0.1, 0.15) is 0 Å². The lowest BCUT2D eigenvalue weighted by atomic mass is 10.1. The van der Waals surface area contributed by atoms with Gasteiger partial charge in [0.05, 0.1) is 0 Å². The van der Waals surface area contributed by atoms with Crippen LogP contribution in [-0.4, -0.2) is 8.96 Å². The maximum Gasteiger partial charge on any atom is 0.151 e. The highest BCUT2D eigenvalue weighted by molar-refractivity contribution is 9.10. The van der Waals surface area contributed by atoms with Crippen molar-refractivity contribution >= 4 is 38.9 Å². The Bertz CT molecular complexity index is 949. The standard InChI is InChI=1S/C19H13BrN2S/c20-17-11-12-21-19-18(17)16(14-7-3-1-4-8-14)13-22(19)23-15-9-5-2-6-10-15/h1-13H. The van der Waals surface area contributed by atoms with Gasteiger partial charge in [-0.2, -0.15) is 0 Å². The molecule has 2 aromatic carbocycles. The van der Waals surface area contributed by atoms with Crippen molar-refractivity contribution in [3.05, 3.63) is 83.6 Å². The van der Waals surface area contributed by atoms with Crippen LogP contribution >= 0.6 is 27.9 Å². The van der Waals surface area contributed by atoms with Crippen molar-refractivity contribution < 1.29 is 0 Å². The number of hydrogen-bond donors (Lipinski definition) is 0. The molecular formula is C19H13BrN2S. The maximum absolute atomic E-state index is 4.60. The Morgan fingerprint density at radius 3 is 2.30 bits per heavy atom. The van der Waals surface area contributed by atoms with Gasteiger partial charge in [-0.05, 0) is 51.6 Å². The van der Waals surface area contributed by atoms with Gasteiger partial charge in [-0.15, -0.1) is 0 Å². The topological polar surface area (TPSA) is 17.8 Å². The van der Waals surface area contributed by atoms with Gasteiger partial charge in [0, 0.05) is 32.7 Å². The van der Waals surface area contributed by atoms with Crippen molar-refractivity contribution in [1.29, 1.82) is 0 Å². The molecular weight excluding hydrogens is 368 g/mol. The largest absolute Gasteiger partial charge is 0.270 e. The molecule has 2 aromatic heterocycles. The van der Waals surface area contributed by atoms with Gasteiger partial charge in [-0.25, -0.2) is 4.98 Å². The zero-order valence-electron chi connectivity index (χ0n) is 12.2. The molecule has 0 unspecified atom stereocenters. The molecule has 0 radical (unpaired) electrons. The Balaban J connectivity index is 1.91. The van der Waals surface area contributed by atoms with E-state index in [2.05, 4.69) is 79.6 Å². The summed E-state index contributed by atoms with van der Waals surface area (Å²) in [5, 5.41) is 1.14. The van der Waals surface area contributed by atoms with E-state index in [1.807, 2.05) is 24.4 Å². The van der Waals surface area contributed by atoms with E-state index < -0.39 is 0 Å². The fraction of sp³-hybridized carbons (Fsp3) is 0. The first-order chi connectivity index (χ1) is 11.3. The van der Waals surface area contributed by atoms with Gasteiger partial charge in [0.15, 0.2) is 5.65 Å². The number of rotatable bonds is 3. The average Bonchev–Trinajstić information content (AvgIpc) is 2.97. The Kier molecular flexibility index (Phi) is 3.93. The highest BCUT2D eigenvalue weighted by atomic mass is 79.9. The highest BCUT2D eigenvalue weighted by Crippen LogP contribution is 2.37. The van der Waals surface area contributed by atoms with Crippen LogP contribution < -0.4 is 0 Å². The number of nitrogens with zero attached hydrogens (tertiary/aromatic N) is 2. The number of halogens is 1. The van der Waals surface area contributed by atoms with E-state index >= 15 is 0 Å². The molecule has 0 spiro atoms. The molecule has 0 aliphatic heterocycles. The number of hydrogen-bond acceptors (Lipinski definition) is 2. The fourth-order valence-corrected chi connectivity index (χ4v) is 3.99. The number of benzene rings is 2. The molecule has 0 aliphatic carbocycles. The predicted molar refractivity (Wildman–Crippen MR) is 101 cm³/mol. The minimum absolute atomic E-state index is 0.965. The first-order valence-corrected chi connectivity index (χ1v) is 8.84. The van der Waals surface area contributed by atoms with Gasteiger partial charge in [0.1, 0.15) is 0 Å². The van der Waals surface area contributed by atoms with E-state index in [4.69, 9.17) is 0 Å². The van der Waals surface area contributed by atoms with Crippen LogP contribution in [0.2, 0.25) is 0 Å². The normalized spacial score (nSPS) is 11.0. The van der Waals surface area contributed by atoms with Gasteiger partial charge in [-0.3, -0.25) is 3.97 Å². The van der Waals surface area contributed by atoms with Crippen LogP contribution in [0, 0.1) is 0 Å². The molecule has 0 fully saturated rings. The molecule has 0 amide bonds. The van der Waals surface area contributed by atoms with Gasteiger partial charge in [0.2, 0.25) is 0 Å². The molecule has 0 saturated heterocycles. The minimum atomic E-state index is 0.965. The molecule has 0 aliphatic rings. The lowest BCUT2D eigenvalue weighted by Crippen LogP contribution is -1.86. The van der Waals surface area contributed by atoms with Crippen LogP contribution in [0.5, 0.6) is 0 Å². The lowest BCUT2D eigenvalue weighted by molar-refractivity contribution is 1.24. The molecule has 0 saturated carbocycles. The third-order valence-electron chi connectivity index (χ3n) is 3.64. The summed E-state index contributed by atoms with van der Waals surface area (Å²) in [7, 11) is 0. The van der Waals surface area contributed by atoms with Crippen LogP contribution in [0.15, 0.2) is 88.5 Å². The van der Waals surface area contributed by atoms with Crippen LogP contribution in [0.25, 0.3) is 22.2 Å². The number of fused-ring (bicyclic) bond motifs is 1. The second-order valence-corrected chi connectivity index (χ2v) is 7.03. The lowest BCUT2D eigenvalue weighted by Gasteiger charge is -2.03. The van der Waals surface area contributed by atoms with Gasteiger partial charge >= 0.3 is 0 Å². The zero-order chi connectivity index (χ0) is 15.6. The number of aromatic nitrogens is 2. The molecule has 4 heteroatoms. The summed E-state index contributed by atoms with van der Waals surface area (Å²) in [5.41, 5.74) is 3.34. The van der Waals surface area contributed by atoms with Gasteiger partial charge < -0.3 is 0 Å². The van der Waals surface area contributed by atoms with Crippen LogP contribution in [0.3, 0.4) is 0 Å². The minimum Gasteiger partial charge on any atom is -0.270 e.